The van der Waals surface area contributed by atoms with Crippen molar-refractivity contribution in [2.75, 3.05) is 29.6 Å². The number of carboxylic acids is 1. The number of thiazole rings is 1. The molecule has 2 aliphatic heterocycles. The van der Waals surface area contributed by atoms with E-state index in [4.69, 9.17) is 16.3 Å². The first kappa shape index (κ1) is 27.7. The monoisotopic (exact) mass is 600 g/mol. The van der Waals surface area contributed by atoms with Crippen LogP contribution in [0.15, 0.2) is 51.2 Å². The van der Waals surface area contributed by atoms with Crippen LogP contribution < -0.4 is 26.5 Å². The Morgan fingerprint density at radius 2 is 2.10 bits per heavy atom. The molecule has 1 saturated heterocycles. The average Bonchev–Trinajstić information content (AvgIpc) is 3.38. The van der Waals surface area contributed by atoms with Gasteiger partial charge in [0.25, 0.3) is 17.6 Å². The van der Waals surface area contributed by atoms with Crippen LogP contribution in [-0.2, 0) is 26.3 Å². The molecule has 1 unspecified atom stereocenters. The number of hydrogen-bond acceptors (Lipinski definition) is 13. The highest BCUT2D eigenvalue weighted by atomic mass is 32.2. The van der Waals surface area contributed by atoms with Crippen LogP contribution in [0.3, 0.4) is 0 Å². The van der Waals surface area contributed by atoms with E-state index < -0.39 is 29.2 Å². The second kappa shape index (κ2) is 11.3. The minimum absolute atomic E-state index is 0.135. The predicted molar refractivity (Wildman–Crippen MR) is 150 cm³/mol. The lowest BCUT2D eigenvalue weighted by atomic mass is 10.0. The van der Waals surface area contributed by atoms with Gasteiger partial charge in [0.05, 0.1) is 24.1 Å². The fourth-order valence-electron chi connectivity index (χ4n) is 4.33. The minimum atomic E-state index is -1.47. The van der Waals surface area contributed by atoms with Crippen LogP contribution in [0.2, 0.25) is 0 Å². The van der Waals surface area contributed by atoms with Crippen molar-refractivity contribution in [1.82, 2.24) is 20.2 Å². The number of nitrogens with one attached hydrogen (secondary N) is 1. The Bertz CT molecular complexity index is 1590. The molecule has 2 aliphatic rings. The van der Waals surface area contributed by atoms with Gasteiger partial charge in [-0.1, -0.05) is 17.3 Å². The zero-order chi connectivity index (χ0) is 28.6. The maximum absolute atomic E-state index is 13.1. The van der Waals surface area contributed by atoms with Gasteiger partial charge in [-0.05, 0) is 41.4 Å². The van der Waals surface area contributed by atoms with Crippen molar-refractivity contribution in [3.63, 3.8) is 0 Å². The highest BCUT2D eigenvalue weighted by Gasteiger charge is 2.53. The molecule has 208 valence electrons. The molecule has 16 heteroatoms. The fourth-order valence-corrected chi connectivity index (χ4v) is 7.35. The van der Waals surface area contributed by atoms with Crippen LogP contribution in [0.1, 0.15) is 12.6 Å². The molecule has 13 nitrogen and oxygen atoms in total. The number of carboxylic acid groups (broad SMARTS) is 1. The predicted octanol–water partition coefficient (Wildman–Crippen LogP) is -0.383. The smallest absolute Gasteiger partial charge is 0.362 e. The van der Waals surface area contributed by atoms with Gasteiger partial charge in [-0.25, -0.2) is 9.55 Å². The number of rotatable bonds is 9. The van der Waals surface area contributed by atoms with E-state index >= 15 is 0 Å². The summed E-state index contributed by atoms with van der Waals surface area (Å²) in [6.45, 7) is 1.92. The maximum atomic E-state index is 13.1. The Hall–Kier alpha value is -3.89. The lowest BCUT2D eigenvalue weighted by molar-refractivity contribution is -0.687. The summed E-state index contributed by atoms with van der Waals surface area (Å²) < 4.78 is 1.88. The number of aliphatic carboxylic acids is 1. The number of thioether (sulfide) groups is 2. The van der Waals surface area contributed by atoms with E-state index in [0.29, 0.717) is 22.3 Å². The first-order chi connectivity index (χ1) is 19.2. The average molecular weight is 601 g/mol. The molecule has 0 saturated carbocycles. The van der Waals surface area contributed by atoms with Gasteiger partial charge in [0.2, 0.25) is 0 Å². The number of anilines is 2. The van der Waals surface area contributed by atoms with Crippen molar-refractivity contribution in [3.8, 4) is 0 Å². The molecule has 2 atom stereocenters. The van der Waals surface area contributed by atoms with E-state index in [2.05, 4.69) is 20.4 Å². The van der Waals surface area contributed by atoms with Crippen LogP contribution in [0.4, 0.5) is 10.9 Å². The summed E-state index contributed by atoms with van der Waals surface area (Å²) in [6, 6.07) is 6.60. The number of carbonyl (C=O) groups is 3. The van der Waals surface area contributed by atoms with Gasteiger partial charge in [-0.2, -0.15) is 0 Å². The largest absolute Gasteiger partial charge is 0.543 e. The lowest BCUT2D eigenvalue weighted by Crippen LogP contribution is -2.71. The third kappa shape index (κ3) is 5.04. The topological polar surface area (TPSA) is 193 Å². The third-order valence-electron chi connectivity index (χ3n) is 6.21. The molecule has 3 aromatic rings. The first-order valence-electron chi connectivity index (χ1n) is 12.0. The molecule has 1 aromatic carbocycles. The number of aromatic nitrogens is 3. The highest BCUT2D eigenvalue weighted by molar-refractivity contribution is 8.01. The van der Waals surface area contributed by atoms with Crippen LogP contribution in [0, 0.1) is 0 Å². The first-order valence-corrected chi connectivity index (χ1v) is 14.9. The Morgan fingerprint density at radius 1 is 1.32 bits per heavy atom. The highest BCUT2D eigenvalue weighted by Crippen LogP contribution is 2.41. The molecule has 5 N–H and O–H groups in total. The van der Waals surface area contributed by atoms with Crippen LogP contribution in [0.5, 0.6) is 0 Å². The summed E-state index contributed by atoms with van der Waals surface area (Å²) in [5.41, 5.74) is 13.1. The van der Waals surface area contributed by atoms with E-state index in [9.17, 15) is 19.5 Å². The molecule has 1 fully saturated rings. The van der Waals surface area contributed by atoms with Gasteiger partial charge < -0.3 is 31.5 Å². The van der Waals surface area contributed by atoms with E-state index in [0.717, 1.165) is 27.1 Å². The van der Waals surface area contributed by atoms with E-state index in [1.54, 1.807) is 12.3 Å². The molecule has 40 heavy (non-hydrogen) atoms. The van der Waals surface area contributed by atoms with E-state index in [-0.39, 0.29) is 34.6 Å². The summed E-state index contributed by atoms with van der Waals surface area (Å²) in [6.07, 6.45) is 0. The van der Waals surface area contributed by atoms with Crippen LogP contribution in [0.25, 0.3) is 10.9 Å². The SMILES string of the molecule is CCO/N=C(\C(=O)NC1C(=O)N2C(C(=O)[O-])=C(CSc3nc(N)c4ccccc4[n+]3C)CS[C@H]12)c1csc(N)n1. The number of amides is 2. The Labute approximate surface area is 240 Å². The fraction of sp³-hybridized carbons (Fsp3) is 0.292. The number of hydrogen-bond donors (Lipinski definition) is 3. The summed E-state index contributed by atoms with van der Waals surface area (Å²) in [7, 11) is 1.85. The summed E-state index contributed by atoms with van der Waals surface area (Å²) in [5.74, 6) is -1.80. The number of nitrogens with zero attached hydrogens (tertiary/aromatic N) is 5. The Balaban J connectivity index is 1.34. The number of nitrogens with two attached hydrogens (primary N) is 2. The number of para-hydroxylation sites is 1. The quantitative estimate of drug-likeness (QED) is 0.0724. The van der Waals surface area contributed by atoms with Gasteiger partial charge in [-0.3, -0.25) is 14.5 Å². The zero-order valence-corrected chi connectivity index (χ0v) is 23.8. The minimum Gasteiger partial charge on any atom is -0.543 e. The molecule has 2 amide bonds. The van der Waals surface area contributed by atoms with Crippen LogP contribution in [-0.4, -0.2) is 67.9 Å². The van der Waals surface area contributed by atoms with E-state index in [1.807, 2.05) is 35.9 Å². The molecule has 5 rings (SSSR count). The number of oxime groups is 1. The number of nitrogen functional groups attached to an aromatic ring is 2. The van der Waals surface area contributed by atoms with Crippen molar-refractivity contribution >= 4 is 80.2 Å². The Kier molecular flexibility index (Phi) is 7.82. The molecule has 4 heterocycles. The second-order valence-electron chi connectivity index (χ2n) is 8.67. The molecular weight excluding hydrogens is 577 g/mol. The molecule has 0 spiro atoms. The number of β-lactam (4-membered cyclic amide) rings is 1. The van der Waals surface area contributed by atoms with Gasteiger partial charge >= 0.3 is 5.16 Å². The second-order valence-corrected chi connectivity index (χ2v) is 11.6. The van der Waals surface area contributed by atoms with Crippen molar-refractivity contribution in [2.45, 2.75) is 23.5 Å². The van der Waals surface area contributed by atoms with Gasteiger partial charge in [0.15, 0.2) is 10.8 Å². The van der Waals surface area contributed by atoms with Crippen molar-refractivity contribution < 1.29 is 28.9 Å². The van der Waals surface area contributed by atoms with E-state index in [1.165, 1.54) is 23.5 Å². The zero-order valence-electron chi connectivity index (χ0n) is 21.3. The molecular formula is C24H24N8O5S3. The Morgan fingerprint density at radius 3 is 2.80 bits per heavy atom. The number of fused-ring (bicyclic) bond motifs is 2. The van der Waals surface area contributed by atoms with Crippen molar-refractivity contribution in [1.29, 1.82) is 0 Å². The van der Waals surface area contributed by atoms with Gasteiger partial charge in [-0.15, -0.1) is 23.1 Å². The summed E-state index contributed by atoms with van der Waals surface area (Å²) >= 11 is 3.78. The summed E-state index contributed by atoms with van der Waals surface area (Å²) in [4.78, 5) is 53.1. The molecule has 0 radical (unpaired) electrons. The van der Waals surface area contributed by atoms with Crippen molar-refractivity contribution in [2.24, 2.45) is 12.2 Å². The number of benzene rings is 1. The molecule has 0 aliphatic carbocycles. The maximum Gasteiger partial charge on any atom is 0.362 e. The molecule has 0 bridgehead atoms. The summed E-state index contributed by atoms with van der Waals surface area (Å²) in [5, 5.41) is 21.2. The van der Waals surface area contributed by atoms with Gasteiger partial charge in [0.1, 0.15) is 29.2 Å². The number of carbonyl (C=O) groups excluding carboxylic acids is 3. The van der Waals surface area contributed by atoms with Crippen molar-refractivity contribution in [3.05, 3.63) is 46.6 Å². The number of aryl methyl sites for hydroxylation is 1. The normalized spacial score (nSPS) is 18.9. The molecule has 2 aromatic heterocycles. The van der Waals surface area contributed by atoms with Gasteiger partial charge in [0, 0.05) is 16.9 Å². The third-order valence-corrected chi connectivity index (χ3v) is 9.34. The standard InChI is InChI=1S/C24H24N8O5S3/c1-3-37-30-15(13-10-39-23(26)27-13)19(33)28-16-20(34)32-17(22(35)36)11(8-38-21(16)32)9-40-24-29-18(25)12-6-4-5-7-14(12)31(24)2/h4-7,10,16,21,25H,3,8-9H2,1-2H3,(H4,26,27,28,33,35,36)/b30-15-/t16?,21-/m1/s1. The lowest BCUT2D eigenvalue weighted by Gasteiger charge is -2.50. The van der Waals surface area contributed by atoms with Crippen LogP contribution >= 0.6 is 34.9 Å².